The second-order valence-corrected chi connectivity index (χ2v) is 10.1. The van der Waals surface area contributed by atoms with Crippen LogP contribution in [-0.4, -0.2) is 0 Å². The van der Waals surface area contributed by atoms with Crippen molar-refractivity contribution in [3.8, 4) is 0 Å². The molecule has 0 heterocycles. The molecule has 0 radical (unpaired) electrons. The molecular weight excluding hydrogens is 372 g/mol. The summed E-state index contributed by atoms with van der Waals surface area (Å²) in [5.74, 6) is 0. The fourth-order valence-electron chi connectivity index (χ4n) is 5.38. The van der Waals surface area contributed by atoms with E-state index in [4.69, 9.17) is 0 Å². The molecule has 2 atom stereocenters. The lowest BCUT2D eigenvalue weighted by atomic mass is 9.67. The normalized spacial score (nSPS) is 26.7. The molecule has 0 saturated heterocycles. The molecule has 0 N–H and O–H groups in total. The Labute approximate surface area is 193 Å². The number of aryl methyl sites for hydroxylation is 1. The average Bonchev–Trinajstić information content (AvgIpc) is 3.13. The van der Waals surface area contributed by atoms with Crippen molar-refractivity contribution in [3.63, 3.8) is 0 Å². The highest BCUT2D eigenvalue weighted by molar-refractivity contribution is 5.68. The summed E-state index contributed by atoms with van der Waals surface area (Å²) in [5.41, 5.74) is 9.93. The molecule has 0 saturated carbocycles. The second-order valence-electron chi connectivity index (χ2n) is 10.1. The Morgan fingerprint density at radius 1 is 1.03 bits per heavy atom. The van der Waals surface area contributed by atoms with Crippen molar-refractivity contribution in [2.75, 3.05) is 0 Å². The van der Waals surface area contributed by atoms with Crippen molar-refractivity contribution in [3.05, 3.63) is 76.4 Å². The fraction of sp³-hybridized carbons (Fsp3) is 0.548. The van der Waals surface area contributed by atoms with Crippen LogP contribution in [-0.2, 0) is 0 Å². The van der Waals surface area contributed by atoms with E-state index < -0.39 is 0 Å². The summed E-state index contributed by atoms with van der Waals surface area (Å²) in [6, 6.07) is 9.14. The second kappa shape index (κ2) is 11.2. The van der Waals surface area contributed by atoms with Crippen molar-refractivity contribution in [1.82, 2.24) is 0 Å². The van der Waals surface area contributed by atoms with Gasteiger partial charge in [-0.05, 0) is 87.7 Å². The van der Waals surface area contributed by atoms with Crippen LogP contribution in [0.1, 0.15) is 105 Å². The first kappa shape index (κ1) is 25.4. The number of hydrogen-bond acceptors (Lipinski definition) is 0. The molecule has 2 aliphatic rings. The maximum Gasteiger partial charge on any atom is -0.00701 e. The van der Waals surface area contributed by atoms with Gasteiger partial charge in [-0.25, -0.2) is 0 Å². The van der Waals surface area contributed by atoms with Gasteiger partial charge < -0.3 is 0 Å². The van der Waals surface area contributed by atoms with E-state index in [1.165, 1.54) is 61.6 Å². The van der Waals surface area contributed by atoms with Gasteiger partial charge in [-0.1, -0.05) is 105 Å². The van der Waals surface area contributed by atoms with Gasteiger partial charge >= 0.3 is 0 Å². The van der Waals surface area contributed by atoms with E-state index in [1.54, 1.807) is 16.7 Å². The third kappa shape index (κ3) is 6.34. The summed E-state index contributed by atoms with van der Waals surface area (Å²) in [7, 11) is 0. The molecule has 0 aromatic heterocycles. The number of benzene rings is 1. The molecule has 0 aliphatic heterocycles. The maximum absolute atomic E-state index is 2.55. The number of rotatable bonds is 6. The highest BCUT2D eigenvalue weighted by Crippen LogP contribution is 2.56. The first-order valence-corrected chi connectivity index (χ1v) is 12.6. The van der Waals surface area contributed by atoms with Gasteiger partial charge in [-0.2, -0.15) is 0 Å². The summed E-state index contributed by atoms with van der Waals surface area (Å²) >= 11 is 0. The predicted molar refractivity (Wildman–Crippen MR) is 140 cm³/mol. The number of allylic oxidation sites excluding steroid dienone is 8. The zero-order valence-corrected chi connectivity index (χ0v) is 21.6. The van der Waals surface area contributed by atoms with Crippen LogP contribution in [0.2, 0.25) is 0 Å². The summed E-state index contributed by atoms with van der Waals surface area (Å²) in [6.45, 7) is 17.9. The van der Waals surface area contributed by atoms with Crippen molar-refractivity contribution in [2.45, 2.75) is 100 Å². The van der Waals surface area contributed by atoms with Crippen molar-refractivity contribution in [1.29, 1.82) is 0 Å². The highest BCUT2D eigenvalue weighted by atomic mass is 14.5. The number of hydrogen-bond donors (Lipinski definition) is 0. The van der Waals surface area contributed by atoms with Crippen LogP contribution in [0.25, 0.3) is 5.57 Å². The van der Waals surface area contributed by atoms with Crippen LogP contribution in [0.4, 0.5) is 0 Å². The van der Waals surface area contributed by atoms with Gasteiger partial charge in [-0.3, -0.25) is 0 Å². The molecule has 0 bridgehead atoms. The van der Waals surface area contributed by atoms with Crippen LogP contribution in [0.5, 0.6) is 0 Å². The molecule has 0 nitrogen and oxygen atoms in total. The van der Waals surface area contributed by atoms with E-state index in [-0.39, 0.29) is 0 Å². The molecule has 0 fully saturated rings. The van der Waals surface area contributed by atoms with E-state index in [2.05, 4.69) is 90.1 Å². The Hall–Kier alpha value is -1.82. The Morgan fingerprint density at radius 2 is 1.71 bits per heavy atom. The standard InChI is InChI=1S/C29H40.C2H6/c1-7-22(3)11-9-17-28(5)19-24(8-2)27(21-28)29(6)18-10-12-26(20-29)25-15-13-23(4)14-16-25;1-2/h7,9,11-16H,8,10,17-21H2,1-6H3;1-2H3/b11-9-,22-7-;. The van der Waals surface area contributed by atoms with E-state index in [0.29, 0.717) is 10.8 Å². The highest BCUT2D eigenvalue weighted by Gasteiger charge is 2.42. The van der Waals surface area contributed by atoms with Crippen LogP contribution in [0.3, 0.4) is 0 Å². The van der Waals surface area contributed by atoms with Crippen molar-refractivity contribution in [2.24, 2.45) is 10.8 Å². The van der Waals surface area contributed by atoms with E-state index in [0.717, 1.165) is 0 Å². The minimum absolute atomic E-state index is 0.320. The average molecular weight is 419 g/mol. The fourth-order valence-corrected chi connectivity index (χ4v) is 5.38. The monoisotopic (exact) mass is 418 g/mol. The van der Waals surface area contributed by atoms with E-state index in [9.17, 15) is 0 Å². The first-order valence-electron chi connectivity index (χ1n) is 12.6. The largest absolute Gasteiger partial charge is 0.0847 e. The quantitative estimate of drug-likeness (QED) is 0.318. The van der Waals surface area contributed by atoms with Gasteiger partial charge in [0.1, 0.15) is 0 Å². The van der Waals surface area contributed by atoms with E-state index in [1.807, 2.05) is 13.8 Å². The Morgan fingerprint density at radius 3 is 2.32 bits per heavy atom. The Kier molecular flexibility index (Phi) is 9.16. The van der Waals surface area contributed by atoms with Gasteiger partial charge in [0.05, 0.1) is 0 Å². The summed E-state index contributed by atoms with van der Waals surface area (Å²) in [6.07, 6.45) is 18.0. The molecule has 2 unspecified atom stereocenters. The lowest BCUT2D eigenvalue weighted by Gasteiger charge is -2.38. The van der Waals surface area contributed by atoms with Crippen LogP contribution in [0.15, 0.2) is 65.3 Å². The predicted octanol–water partition coefficient (Wildman–Crippen LogP) is 10.0. The van der Waals surface area contributed by atoms with Crippen molar-refractivity contribution < 1.29 is 0 Å². The third-order valence-corrected chi connectivity index (χ3v) is 7.36. The lowest BCUT2D eigenvalue weighted by Crippen LogP contribution is -2.24. The molecule has 0 heteroatoms. The van der Waals surface area contributed by atoms with Crippen molar-refractivity contribution >= 4 is 5.57 Å². The van der Waals surface area contributed by atoms with Gasteiger partial charge in [0.25, 0.3) is 0 Å². The van der Waals surface area contributed by atoms with Gasteiger partial charge in [0, 0.05) is 0 Å². The van der Waals surface area contributed by atoms with Crippen LogP contribution >= 0.6 is 0 Å². The molecule has 0 amide bonds. The third-order valence-electron chi connectivity index (χ3n) is 7.36. The molecule has 170 valence electrons. The van der Waals surface area contributed by atoms with Gasteiger partial charge in [-0.15, -0.1) is 0 Å². The summed E-state index contributed by atoms with van der Waals surface area (Å²) < 4.78 is 0. The maximum atomic E-state index is 2.55. The minimum Gasteiger partial charge on any atom is -0.0847 e. The SMILES string of the molecule is C/C=C(C)\C=C/CC1(C)CC(CC)=C(C2(C)CCC=C(c3ccc(C)cc3)C2)C1.CC. The van der Waals surface area contributed by atoms with Gasteiger partial charge in [0.2, 0.25) is 0 Å². The molecule has 3 rings (SSSR count). The van der Waals surface area contributed by atoms with Crippen LogP contribution in [0, 0.1) is 17.8 Å². The van der Waals surface area contributed by atoms with E-state index >= 15 is 0 Å². The lowest BCUT2D eigenvalue weighted by molar-refractivity contribution is 0.302. The Bertz CT molecular complexity index is 843. The molecule has 0 spiro atoms. The Balaban J connectivity index is 0.00000166. The summed E-state index contributed by atoms with van der Waals surface area (Å²) in [4.78, 5) is 0. The molecular formula is C31H46. The first-order chi connectivity index (χ1) is 14.8. The smallest absolute Gasteiger partial charge is 0.00701 e. The van der Waals surface area contributed by atoms with Gasteiger partial charge in [0.15, 0.2) is 0 Å². The zero-order chi connectivity index (χ0) is 23.1. The molecule has 2 aliphatic carbocycles. The molecule has 1 aromatic carbocycles. The molecule has 31 heavy (non-hydrogen) atoms. The summed E-state index contributed by atoms with van der Waals surface area (Å²) in [5, 5.41) is 0. The topological polar surface area (TPSA) is 0 Å². The van der Waals surface area contributed by atoms with Crippen LogP contribution < -0.4 is 0 Å². The zero-order valence-electron chi connectivity index (χ0n) is 21.6. The molecule has 1 aromatic rings. The minimum atomic E-state index is 0.320.